The molecular weight excluding hydrogens is 426 g/mol. The Hall–Kier alpha value is -3.61. The van der Waals surface area contributed by atoms with Crippen LogP contribution in [0, 0.1) is 5.92 Å². The lowest BCUT2D eigenvalue weighted by Gasteiger charge is -2.22. The average Bonchev–Trinajstić information content (AvgIpc) is 3.46. The van der Waals surface area contributed by atoms with Crippen molar-refractivity contribution in [3.63, 3.8) is 0 Å². The van der Waals surface area contributed by atoms with Crippen LogP contribution in [-0.4, -0.2) is 33.1 Å². The van der Waals surface area contributed by atoms with E-state index in [0.717, 1.165) is 58.6 Å². The third kappa shape index (κ3) is 2.85. The van der Waals surface area contributed by atoms with Crippen molar-refractivity contribution in [2.24, 2.45) is 18.1 Å². The summed E-state index contributed by atoms with van der Waals surface area (Å²) >= 11 is 0. The number of hydrogen-bond acceptors (Lipinski definition) is 4. The van der Waals surface area contributed by atoms with Gasteiger partial charge in [-0.25, -0.2) is 0 Å². The molecule has 0 unspecified atom stereocenters. The van der Waals surface area contributed by atoms with Gasteiger partial charge in [-0.15, -0.1) is 0 Å². The molecule has 0 spiro atoms. The number of hydrogen-bond donors (Lipinski definition) is 1. The zero-order valence-electron chi connectivity index (χ0n) is 20.3. The van der Waals surface area contributed by atoms with Crippen LogP contribution >= 0.6 is 0 Å². The minimum atomic E-state index is 0.0166. The van der Waals surface area contributed by atoms with Crippen molar-refractivity contribution < 1.29 is 9.63 Å². The highest BCUT2D eigenvalue weighted by molar-refractivity contribution is 6.20. The van der Waals surface area contributed by atoms with Gasteiger partial charge in [0.2, 0.25) is 0 Å². The van der Waals surface area contributed by atoms with Crippen LogP contribution in [0.15, 0.2) is 29.6 Å². The first-order chi connectivity index (χ1) is 16.4. The normalized spacial score (nSPS) is 15.1. The summed E-state index contributed by atoms with van der Waals surface area (Å²) < 4.78 is 4.35. The van der Waals surface area contributed by atoms with E-state index in [4.69, 9.17) is 9.94 Å². The second-order valence-electron chi connectivity index (χ2n) is 9.87. The van der Waals surface area contributed by atoms with Crippen LogP contribution < -0.4 is 5.32 Å². The summed E-state index contributed by atoms with van der Waals surface area (Å²) in [6.45, 7) is 7.93. The highest BCUT2D eigenvalue weighted by atomic mass is 16.6. The Morgan fingerprint density at radius 3 is 2.82 bits per heavy atom. The molecule has 0 fully saturated rings. The minimum absolute atomic E-state index is 0.0166. The van der Waals surface area contributed by atoms with E-state index in [-0.39, 0.29) is 5.91 Å². The zero-order valence-corrected chi connectivity index (χ0v) is 20.3. The largest absolute Gasteiger partial charge is 0.399 e. The predicted octanol–water partition coefficient (Wildman–Crippen LogP) is 4.56. The Morgan fingerprint density at radius 2 is 2.06 bits per heavy atom. The zero-order chi connectivity index (χ0) is 23.7. The molecule has 0 saturated heterocycles. The van der Waals surface area contributed by atoms with Gasteiger partial charge in [0, 0.05) is 53.8 Å². The second kappa shape index (κ2) is 7.45. The summed E-state index contributed by atoms with van der Waals surface area (Å²) in [6.07, 6.45) is 3.83. The monoisotopic (exact) mass is 455 g/mol. The third-order valence-corrected chi connectivity index (χ3v) is 7.14. The Morgan fingerprint density at radius 1 is 1.24 bits per heavy atom. The molecule has 7 heteroatoms. The molecule has 2 aromatic carbocycles. The van der Waals surface area contributed by atoms with Gasteiger partial charge in [0.1, 0.15) is 7.11 Å². The number of aryl methyl sites for hydroxylation is 3. The first-order valence-corrected chi connectivity index (χ1v) is 11.9. The van der Waals surface area contributed by atoms with E-state index in [9.17, 15) is 4.79 Å². The van der Waals surface area contributed by atoms with Crippen molar-refractivity contribution in [3.05, 3.63) is 52.3 Å². The molecular formula is C27H29N5O2. The van der Waals surface area contributed by atoms with Crippen molar-refractivity contribution >= 4 is 33.4 Å². The molecule has 1 aliphatic heterocycles. The lowest BCUT2D eigenvalue weighted by molar-refractivity contribution is 0.0966. The maximum Gasteiger partial charge on any atom is 0.252 e. The van der Waals surface area contributed by atoms with Crippen molar-refractivity contribution in [2.75, 3.05) is 7.11 Å². The number of oxime groups is 1. The molecule has 0 atom stereocenters. The molecule has 0 saturated carbocycles. The molecule has 34 heavy (non-hydrogen) atoms. The van der Waals surface area contributed by atoms with Crippen molar-refractivity contribution in [3.8, 4) is 11.1 Å². The van der Waals surface area contributed by atoms with Crippen LogP contribution in [0.4, 0.5) is 0 Å². The Bertz CT molecular complexity index is 1540. The molecule has 4 aromatic rings. The van der Waals surface area contributed by atoms with Gasteiger partial charge >= 0.3 is 0 Å². The van der Waals surface area contributed by atoms with Gasteiger partial charge in [-0.3, -0.25) is 9.48 Å². The molecule has 0 radical (unpaired) electrons. The van der Waals surface area contributed by atoms with Crippen LogP contribution in [0.25, 0.3) is 32.9 Å². The minimum Gasteiger partial charge on any atom is -0.399 e. The van der Waals surface area contributed by atoms with Gasteiger partial charge in [0.15, 0.2) is 0 Å². The lowest BCUT2D eigenvalue weighted by atomic mass is 9.82. The maximum atomic E-state index is 13.2. The number of benzene rings is 2. The first-order valence-electron chi connectivity index (χ1n) is 11.9. The second-order valence-corrected chi connectivity index (χ2v) is 9.87. The molecule has 1 aliphatic carbocycles. The number of fused-ring (bicyclic) bond motifs is 10. The van der Waals surface area contributed by atoms with Gasteiger partial charge in [-0.2, -0.15) is 5.10 Å². The summed E-state index contributed by atoms with van der Waals surface area (Å²) in [5, 5.41) is 14.3. The van der Waals surface area contributed by atoms with Crippen LogP contribution in [0.1, 0.15) is 53.5 Å². The number of amides is 1. The maximum absolute atomic E-state index is 13.2. The summed E-state index contributed by atoms with van der Waals surface area (Å²) in [7, 11) is 3.53. The van der Waals surface area contributed by atoms with Crippen molar-refractivity contribution in [1.29, 1.82) is 0 Å². The quantitative estimate of drug-likeness (QED) is 0.362. The van der Waals surface area contributed by atoms with Crippen LogP contribution in [0.5, 0.6) is 0 Å². The van der Waals surface area contributed by atoms with Crippen molar-refractivity contribution in [2.45, 2.75) is 46.7 Å². The van der Waals surface area contributed by atoms with Crippen LogP contribution in [0.3, 0.4) is 0 Å². The summed E-state index contributed by atoms with van der Waals surface area (Å²) in [4.78, 5) is 18.2. The van der Waals surface area contributed by atoms with Gasteiger partial charge < -0.3 is 14.7 Å². The number of carbonyl (C=O) groups is 1. The fourth-order valence-electron chi connectivity index (χ4n) is 5.88. The number of nitrogens with zero attached hydrogens (tertiary/aromatic N) is 4. The first kappa shape index (κ1) is 21.0. The molecule has 1 N–H and O–H groups in total. The fourth-order valence-corrected chi connectivity index (χ4v) is 5.88. The van der Waals surface area contributed by atoms with Crippen LogP contribution in [0.2, 0.25) is 0 Å². The van der Waals surface area contributed by atoms with Gasteiger partial charge in [0.25, 0.3) is 5.91 Å². The van der Waals surface area contributed by atoms with E-state index in [0.29, 0.717) is 12.5 Å². The average molecular weight is 456 g/mol. The number of nitrogens with one attached hydrogen (secondary N) is 1. The number of aromatic nitrogens is 3. The molecule has 174 valence electrons. The summed E-state index contributed by atoms with van der Waals surface area (Å²) in [6, 6.07) is 6.52. The Kier molecular flexibility index (Phi) is 4.59. The smallest absolute Gasteiger partial charge is 0.252 e. The number of carbonyl (C=O) groups excluding carboxylic acids is 1. The van der Waals surface area contributed by atoms with E-state index < -0.39 is 0 Å². The van der Waals surface area contributed by atoms with E-state index in [2.05, 4.69) is 53.3 Å². The van der Waals surface area contributed by atoms with Crippen LogP contribution in [-0.2, 0) is 37.8 Å². The molecule has 2 aromatic heterocycles. The third-order valence-electron chi connectivity index (χ3n) is 7.14. The van der Waals surface area contributed by atoms with E-state index in [1.54, 1.807) is 7.11 Å². The van der Waals surface area contributed by atoms with Gasteiger partial charge in [-0.05, 0) is 54.5 Å². The lowest BCUT2D eigenvalue weighted by Crippen LogP contribution is -2.15. The standard InChI is InChI=1S/C27H29N5O2/c1-14(2)12-32-22-9-6-16(15(3)30-34-5)10-18(22)24-19-11-28-27(33)25(19)23-17(26(24)32)7-8-21-20(23)13-31(4)29-21/h6,9-10,13-14H,7-8,11-12H2,1-5H3,(H,28,33). The molecule has 7 nitrogen and oxygen atoms in total. The van der Waals surface area contributed by atoms with Crippen molar-refractivity contribution in [1.82, 2.24) is 19.7 Å². The topological polar surface area (TPSA) is 73.4 Å². The highest BCUT2D eigenvalue weighted by Crippen LogP contribution is 2.47. The molecule has 2 aliphatic rings. The summed E-state index contributed by atoms with van der Waals surface area (Å²) in [5.41, 5.74) is 10.8. The van der Waals surface area contributed by atoms with E-state index in [1.807, 2.05) is 18.7 Å². The predicted molar refractivity (Wildman–Crippen MR) is 134 cm³/mol. The van der Waals surface area contributed by atoms with E-state index >= 15 is 0 Å². The fraction of sp³-hybridized carbons (Fsp3) is 0.370. The highest BCUT2D eigenvalue weighted by Gasteiger charge is 2.35. The molecule has 0 bridgehead atoms. The SMILES string of the molecule is CON=C(C)c1ccc2c(c1)c1c3c(c4c(c1n2CC(C)C)CCc1nn(C)cc1-4)C(=O)NC3. The summed E-state index contributed by atoms with van der Waals surface area (Å²) in [5.74, 6) is 0.499. The van der Waals surface area contributed by atoms with E-state index in [1.165, 1.54) is 27.4 Å². The Balaban J connectivity index is 1.79. The van der Waals surface area contributed by atoms with Gasteiger partial charge in [-0.1, -0.05) is 25.1 Å². The molecule has 3 heterocycles. The molecule has 6 rings (SSSR count). The molecule has 1 amide bonds. The number of rotatable bonds is 4. The van der Waals surface area contributed by atoms with Gasteiger partial charge in [0.05, 0.1) is 22.5 Å². The Labute approximate surface area is 198 Å².